The summed E-state index contributed by atoms with van der Waals surface area (Å²) in [4.78, 5) is 21.4. The van der Waals surface area contributed by atoms with Gasteiger partial charge in [-0.1, -0.05) is 17.8 Å². The van der Waals surface area contributed by atoms with Crippen molar-refractivity contribution in [3.63, 3.8) is 0 Å². The number of aryl methyl sites for hydroxylation is 1. The van der Waals surface area contributed by atoms with Crippen LogP contribution in [0.15, 0.2) is 34.5 Å². The highest BCUT2D eigenvalue weighted by Gasteiger charge is 2.25. The summed E-state index contributed by atoms with van der Waals surface area (Å²) in [5.41, 5.74) is 2.35. The van der Waals surface area contributed by atoms with Gasteiger partial charge >= 0.3 is 0 Å². The maximum absolute atomic E-state index is 12.8. The van der Waals surface area contributed by atoms with Crippen LogP contribution in [0.1, 0.15) is 31.9 Å². The molecule has 1 saturated heterocycles. The topological polar surface area (TPSA) is 104 Å². The van der Waals surface area contributed by atoms with E-state index in [4.69, 9.17) is 0 Å². The van der Waals surface area contributed by atoms with Gasteiger partial charge in [-0.2, -0.15) is 4.31 Å². The maximum atomic E-state index is 12.8. The van der Waals surface area contributed by atoms with Gasteiger partial charge in [0.1, 0.15) is 0 Å². The molecule has 0 atom stereocenters. The summed E-state index contributed by atoms with van der Waals surface area (Å²) in [6.07, 6.45) is 2.91. The van der Waals surface area contributed by atoms with Crippen LogP contribution in [0.25, 0.3) is 10.6 Å². The molecule has 0 aliphatic carbocycles. The zero-order chi connectivity index (χ0) is 22.0. The van der Waals surface area contributed by atoms with Crippen molar-refractivity contribution in [3.05, 3.63) is 35.3 Å². The number of thiazole rings is 2. The van der Waals surface area contributed by atoms with Crippen LogP contribution in [0.2, 0.25) is 0 Å². The number of rotatable bonds is 6. The lowest BCUT2D eigenvalue weighted by atomic mass is 10.2. The first-order valence-electron chi connectivity index (χ1n) is 9.91. The molecule has 1 aliphatic heterocycles. The number of anilines is 3. The second kappa shape index (κ2) is 9.03. The van der Waals surface area contributed by atoms with Gasteiger partial charge in [0.05, 0.1) is 21.2 Å². The standard InChI is InChI=1S/C20H23N5O3S3/c1-13-18(30-20(21-13)22-14(2)26)17-12-29-19(24-17)23-15-6-8-16(9-7-15)31(27,28)25-10-4-3-5-11-25/h6-9,12H,3-5,10-11H2,1-2H3,(H,23,24)(H,21,22,26). The lowest BCUT2D eigenvalue weighted by Crippen LogP contribution is -2.35. The SMILES string of the molecule is CC(=O)Nc1nc(C)c(-c2csc(Nc3ccc(S(=O)(=O)N4CCCCC4)cc3)n2)s1. The minimum atomic E-state index is -3.44. The Morgan fingerprint density at radius 3 is 2.45 bits per heavy atom. The molecule has 0 bridgehead atoms. The van der Waals surface area contributed by atoms with Crippen molar-refractivity contribution in [2.75, 3.05) is 23.7 Å². The van der Waals surface area contributed by atoms with Gasteiger partial charge in [0.15, 0.2) is 10.3 Å². The number of sulfonamides is 1. The van der Waals surface area contributed by atoms with E-state index in [0.29, 0.717) is 28.2 Å². The molecule has 164 valence electrons. The molecule has 4 rings (SSSR count). The normalized spacial score (nSPS) is 15.0. The fourth-order valence-electron chi connectivity index (χ4n) is 3.36. The van der Waals surface area contributed by atoms with Gasteiger partial charge < -0.3 is 10.6 Å². The summed E-state index contributed by atoms with van der Waals surface area (Å²) in [7, 11) is -3.44. The van der Waals surface area contributed by atoms with E-state index >= 15 is 0 Å². The minimum Gasteiger partial charge on any atom is -0.332 e. The molecule has 1 aromatic carbocycles. The molecule has 3 heterocycles. The van der Waals surface area contributed by atoms with Crippen LogP contribution >= 0.6 is 22.7 Å². The first-order chi connectivity index (χ1) is 14.8. The molecule has 2 aromatic heterocycles. The lowest BCUT2D eigenvalue weighted by molar-refractivity contribution is -0.114. The van der Waals surface area contributed by atoms with Gasteiger partial charge in [-0.25, -0.2) is 18.4 Å². The van der Waals surface area contributed by atoms with Crippen LogP contribution < -0.4 is 10.6 Å². The van der Waals surface area contributed by atoms with E-state index in [9.17, 15) is 13.2 Å². The Morgan fingerprint density at radius 1 is 1.06 bits per heavy atom. The number of benzene rings is 1. The third kappa shape index (κ3) is 4.95. The summed E-state index contributed by atoms with van der Waals surface area (Å²) in [6.45, 7) is 4.51. The second-order valence-electron chi connectivity index (χ2n) is 7.27. The number of nitrogens with one attached hydrogen (secondary N) is 2. The van der Waals surface area contributed by atoms with Crippen molar-refractivity contribution < 1.29 is 13.2 Å². The molecule has 3 aromatic rings. The third-order valence-corrected chi connectivity index (χ3v) is 8.64. The molecule has 1 aliphatic rings. The van der Waals surface area contributed by atoms with E-state index in [-0.39, 0.29) is 5.91 Å². The largest absolute Gasteiger partial charge is 0.332 e. The van der Waals surface area contributed by atoms with Crippen LogP contribution in [0.4, 0.5) is 16.0 Å². The number of piperidine rings is 1. The van der Waals surface area contributed by atoms with Gasteiger partial charge in [0.2, 0.25) is 15.9 Å². The molecular weight excluding hydrogens is 454 g/mol. The number of amides is 1. The molecule has 1 fully saturated rings. The van der Waals surface area contributed by atoms with E-state index in [1.807, 2.05) is 12.3 Å². The average Bonchev–Trinajstić information content (AvgIpc) is 3.34. The molecule has 0 radical (unpaired) electrons. The Bertz CT molecular complexity index is 1180. The van der Waals surface area contributed by atoms with Crippen molar-refractivity contribution in [1.82, 2.24) is 14.3 Å². The number of aromatic nitrogens is 2. The van der Waals surface area contributed by atoms with E-state index in [2.05, 4.69) is 20.6 Å². The Morgan fingerprint density at radius 2 is 1.77 bits per heavy atom. The molecule has 2 N–H and O–H groups in total. The Balaban J connectivity index is 1.47. The molecule has 8 nitrogen and oxygen atoms in total. The molecule has 11 heteroatoms. The van der Waals surface area contributed by atoms with Crippen LogP contribution in [0.5, 0.6) is 0 Å². The van der Waals surface area contributed by atoms with Crippen molar-refractivity contribution >= 4 is 54.6 Å². The van der Waals surface area contributed by atoms with Gasteiger partial charge in [-0.15, -0.1) is 11.3 Å². The third-order valence-electron chi connectivity index (χ3n) is 4.87. The van der Waals surface area contributed by atoms with E-state index in [0.717, 1.165) is 41.2 Å². The zero-order valence-electron chi connectivity index (χ0n) is 17.2. The van der Waals surface area contributed by atoms with E-state index < -0.39 is 10.0 Å². The summed E-state index contributed by atoms with van der Waals surface area (Å²) in [5, 5.41) is 9.09. The lowest BCUT2D eigenvalue weighted by Gasteiger charge is -2.25. The quantitative estimate of drug-likeness (QED) is 0.543. The van der Waals surface area contributed by atoms with Crippen molar-refractivity contribution in [2.45, 2.75) is 38.0 Å². The number of hydrogen-bond acceptors (Lipinski definition) is 8. The highest BCUT2D eigenvalue weighted by molar-refractivity contribution is 7.89. The monoisotopic (exact) mass is 477 g/mol. The molecule has 0 saturated carbocycles. The molecule has 1 amide bonds. The molecule has 0 spiro atoms. The second-order valence-corrected chi connectivity index (χ2v) is 11.1. The first-order valence-corrected chi connectivity index (χ1v) is 13.0. The smallest absolute Gasteiger partial charge is 0.243 e. The number of hydrogen-bond donors (Lipinski definition) is 2. The highest BCUT2D eigenvalue weighted by atomic mass is 32.2. The van der Waals surface area contributed by atoms with Crippen molar-refractivity contribution in [1.29, 1.82) is 0 Å². The maximum Gasteiger partial charge on any atom is 0.243 e. The van der Waals surface area contributed by atoms with Gasteiger partial charge in [-0.05, 0) is 44.0 Å². The Hall–Kier alpha value is -2.34. The zero-order valence-corrected chi connectivity index (χ0v) is 19.7. The molecular formula is C20H23N5O3S3. The Labute approximate surface area is 189 Å². The van der Waals surface area contributed by atoms with Crippen LogP contribution in [0.3, 0.4) is 0 Å². The number of carbonyl (C=O) groups excluding carboxylic acids is 1. The predicted molar refractivity (Wildman–Crippen MR) is 125 cm³/mol. The summed E-state index contributed by atoms with van der Waals surface area (Å²) in [6, 6.07) is 6.77. The molecule has 31 heavy (non-hydrogen) atoms. The minimum absolute atomic E-state index is 0.160. The highest BCUT2D eigenvalue weighted by Crippen LogP contribution is 2.35. The van der Waals surface area contributed by atoms with Crippen molar-refractivity contribution in [2.24, 2.45) is 0 Å². The van der Waals surface area contributed by atoms with E-state index in [1.54, 1.807) is 28.6 Å². The van der Waals surface area contributed by atoms with Crippen LogP contribution in [-0.4, -0.2) is 41.7 Å². The molecule has 0 unspecified atom stereocenters. The average molecular weight is 478 g/mol. The van der Waals surface area contributed by atoms with Gasteiger partial charge in [-0.3, -0.25) is 4.79 Å². The number of carbonyl (C=O) groups is 1. The van der Waals surface area contributed by atoms with Gasteiger partial charge in [0.25, 0.3) is 0 Å². The fraction of sp³-hybridized carbons (Fsp3) is 0.350. The Kier molecular flexibility index (Phi) is 6.37. The predicted octanol–water partition coefficient (Wildman–Crippen LogP) is 4.45. The van der Waals surface area contributed by atoms with Crippen LogP contribution in [-0.2, 0) is 14.8 Å². The summed E-state index contributed by atoms with van der Waals surface area (Å²) in [5.74, 6) is -0.160. The summed E-state index contributed by atoms with van der Waals surface area (Å²) < 4.78 is 27.1. The number of nitrogens with zero attached hydrogens (tertiary/aromatic N) is 3. The van der Waals surface area contributed by atoms with Crippen LogP contribution in [0, 0.1) is 6.92 Å². The summed E-state index contributed by atoms with van der Waals surface area (Å²) >= 11 is 2.83. The fourth-order valence-corrected chi connectivity index (χ4v) is 6.65. The first kappa shape index (κ1) is 21.9. The van der Waals surface area contributed by atoms with Crippen molar-refractivity contribution in [3.8, 4) is 10.6 Å². The van der Waals surface area contributed by atoms with Gasteiger partial charge in [0, 0.05) is 31.1 Å². The van der Waals surface area contributed by atoms with E-state index in [1.165, 1.54) is 29.6 Å².